The first-order chi connectivity index (χ1) is 9.09. The molecule has 1 N–H and O–H groups in total. The van der Waals surface area contributed by atoms with E-state index in [1.807, 2.05) is 0 Å². The van der Waals surface area contributed by atoms with Crippen molar-refractivity contribution in [3.05, 3.63) is 12.4 Å². The van der Waals surface area contributed by atoms with Crippen LogP contribution in [0.15, 0.2) is 12.4 Å². The molecule has 1 aromatic rings. The van der Waals surface area contributed by atoms with E-state index in [-0.39, 0.29) is 11.5 Å². The van der Waals surface area contributed by atoms with E-state index in [4.69, 9.17) is 4.74 Å². The first-order valence-electron chi connectivity index (χ1n) is 6.97. The van der Waals surface area contributed by atoms with Crippen LogP contribution >= 0.6 is 0 Å². The standard InChI is InChI=1S/C14H21N3O2/c1-10(2)8-19-13-6-15-5-12(16-13)17-7-11(18)14(9-17)3-4-14/h5-6,10-11,18H,3-4,7-9H2,1-2H3. The van der Waals surface area contributed by atoms with E-state index < -0.39 is 0 Å². The summed E-state index contributed by atoms with van der Waals surface area (Å²) < 4.78 is 5.60. The molecule has 1 unspecified atom stereocenters. The van der Waals surface area contributed by atoms with Gasteiger partial charge in [-0.15, -0.1) is 0 Å². The van der Waals surface area contributed by atoms with Crippen LogP contribution in [-0.4, -0.2) is 40.9 Å². The van der Waals surface area contributed by atoms with E-state index in [2.05, 4.69) is 28.7 Å². The molecule has 1 atom stereocenters. The number of aliphatic hydroxyl groups is 1. The van der Waals surface area contributed by atoms with Gasteiger partial charge >= 0.3 is 0 Å². The van der Waals surface area contributed by atoms with Crippen LogP contribution in [-0.2, 0) is 0 Å². The molecule has 1 aromatic heterocycles. The summed E-state index contributed by atoms with van der Waals surface area (Å²) in [5.74, 6) is 1.84. The number of β-amino-alcohol motifs (C(OH)–C–C–N with tert-alkyl or cyclic N) is 1. The van der Waals surface area contributed by atoms with Gasteiger partial charge in [-0.3, -0.25) is 4.98 Å². The van der Waals surface area contributed by atoms with Crippen molar-refractivity contribution in [2.24, 2.45) is 11.3 Å². The Labute approximate surface area is 113 Å². The lowest BCUT2D eigenvalue weighted by Gasteiger charge is -2.17. The lowest BCUT2D eigenvalue weighted by molar-refractivity contribution is 0.136. The highest BCUT2D eigenvalue weighted by atomic mass is 16.5. The molecule has 1 spiro atoms. The van der Waals surface area contributed by atoms with Gasteiger partial charge in [0, 0.05) is 18.5 Å². The van der Waals surface area contributed by atoms with Crippen LogP contribution in [0.25, 0.3) is 0 Å². The van der Waals surface area contributed by atoms with Crippen LogP contribution in [0.2, 0.25) is 0 Å². The molecule has 0 radical (unpaired) electrons. The lowest BCUT2D eigenvalue weighted by Crippen LogP contribution is -2.22. The summed E-state index contributed by atoms with van der Waals surface area (Å²) in [5.41, 5.74) is 0.135. The third-order valence-electron chi connectivity index (χ3n) is 3.99. The minimum absolute atomic E-state index is 0.135. The van der Waals surface area contributed by atoms with Gasteiger partial charge in [-0.2, -0.15) is 4.98 Å². The van der Waals surface area contributed by atoms with Crippen molar-refractivity contribution >= 4 is 5.82 Å². The Morgan fingerprint density at radius 1 is 1.47 bits per heavy atom. The number of nitrogens with zero attached hydrogens (tertiary/aromatic N) is 3. The first-order valence-corrected chi connectivity index (χ1v) is 6.97. The highest BCUT2D eigenvalue weighted by Crippen LogP contribution is 2.53. The van der Waals surface area contributed by atoms with E-state index in [1.54, 1.807) is 12.4 Å². The lowest BCUT2D eigenvalue weighted by atomic mass is 10.0. The maximum atomic E-state index is 10.1. The van der Waals surface area contributed by atoms with Crippen molar-refractivity contribution in [1.29, 1.82) is 0 Å². The molecule has 1 saturated carbocycles. The number of aliphatic hydroxyl groups excluding tert-OH is 1. The third-order valence-corrected chi connectivity index (χ3v) is 3.99. The van der Waals surface area contributed by atoms with Gasteiger partial charge < -0.3 is 14.7 Å². The normalized spacial score (nSPS) is 24.2. The fraction of sp³-hybridized carbons (Fsp3) is 0.714. The predicted molar refractivity (Wildman–Crippen MR) is 72.3 cm³/mol. The maximum absolute atomic E-state index is 10.1. The van der Waals surface area contributed by atoms with Crippen LogP contribution in [0.5, 0.6) is 5.88 Å². The molecular formula is C14H21N3O2. The van der Waals surface area contributed by atoms with Crippen molar-refractivity contribution in [2.75, 3.05) is 24.6 Å². The van der Waals surface area contributed by atoms with E-state index in [0.29, 0.717) is 24.9 Å². The maximum Gasteiger partial charge on any atom is 0.234 e. The summed E-state index contributed by atoms with van der Waals surface area (Å²) in [7, 11) is 0. The monoisotopic (exact) mass is 263 g/mol. The number of rotatable bonds is 4. The molecule has 1 aliphatic carbocycles. The number of hydrogen-bond acceptors (Lipinski definition) is 5. The average Bonchev–Trinajstić information content (AvgIpc) is 3.09. The zero-order valence-corrected chi connectivity index (χ0v) is 11.5. The van der Waals surface area contributed by atoms with E-state index in [0.717, 1.165) is 25.2 Å². The number of aromatic nitrogens is 2. The highest BCUT2D eigenvalue weighted by molar-refractivity contribution is 5.41. The summed E-state index contributed by atoms with van der Waals surface area (Å²) in [6.45, 7) is 6.39. The molecule has 0 bridgehead atoms. The largest absolute Gasteiger partial charge is 0.476 e. The fourth-order valence-electron chi connectivity index (χ4n) is 2.59. The van der Waals surface area contributed by atoms with Gasteiger partial charge in [0.05, 0.1) is 25.1 Å². The third kappa shape index (κ3) is 2.52. The first kappa shape index (κ1) is 12.7. The van der Waals surface area contributed by atoms with Crippen molar-refractivity contribution in [3.8, 4) is 5.88 Å². The summed E-state index contributed by atoms with van der Waals surface area (Å²) in [6, 6.07) is 0. The quantitative estimate of drug-likeness (QED) is 0.891. The Bertz CT molecular complexity index is 460. The molecular weight excluding hydrogens is 242 g/mol. The van der Waals surface area contributed by atoms with Crippen LogP contribution in [0.3, 0.4) is 0 Å². The average molecular weight is 263 g/mol. The molecule has 2 fully saturated rings. The molecule has 1 saturated heterocycles. The molecule has 5 heteroatoms. The van der Waals surface area contributed by atoms with Crippen molar-refractivity contribution in [3.63, 3.8) is 0 Å². The predicted octanol–water partition coefficient (Wildman–Crippen LogP) is 1.47. The number of ether oxygens (including phenoxy) is 1. The summed E-state index contributed by atoms with van der Waals surface area (Å²) in [5, 5.41) is 10.1. The second-order valence-electron chi connectivity index (χ2n) is 6.18. The number of anilines is 1. The van der Waals surface area contributed by atoms with Gasteiger partial charge in [-0.1, -0.05) is 13.8 Å². The van der Waals surface area contributed by atoms with Gasteiger partial charge in [0.2, 0.25) is 5.88 Å². The van der Waals surface area contributed by atoms with Gasteiger partial charge in [0.1, 0.15) is 0 Å². The molecule has 2 aliphatic rings. The minimum atomic E-state index is -0.227. The SMILES string of the molecule is CC(C)COc1cncc(N2CC(O)C3(CC3)C2)n1. The molecule has 0 aromatic carbocycles. The molecule has 0 amide bonds. The van der Waals surface area contributed by atoms with Gasteiger partial charge in [-0.05, 0) is 18.8 Å². The Morgan fingerprint density at radius 3 is 2.89 bits per heavy atom. The zero-order chi connectivity index (χ0) is 13.5. The van der Waals surface area contributed by atoms with E-state index in [9.17, 15) is 5.11 Å². The molecule has 104 valence electrons. The van der Waals surface area contributed by atoms with Crippen molar-refractivity contribution in [1.82, 2.24) is 9.97 Å². The highest BCUT2D eigenvalue weighted by Gasteiger charge is 2.54. The van der Waals surface area contributed by atoms with Gasteiger partial charge in [0.15, 0.2) is 5.82 Å². The van der Waals surface area contributed by atoms with Gasteiger partial charge in [-0.25, -0.2) is 0 Å². The second kappa shape index (κ2) is 4.63. The Morgan fingerprint density at radius 2 is 2.26 bits per heavy atom. The summed E-state index contributed by atoms with van der Waals surface area (Å²) in [4.78, 5) is 10.8. The smallest absolute Gasteiger partial charge is 0.234 e. The topological polar surface area (TPSA) is 58.5 Å². The van der Waals surface area contributed by atoms with Crippen molar-refractivity contribution in [2.45, 2.75) is 32.8 Å². The van der Waals surface area contributed by atoms with E-state index in [1.165, 1.54) is 0 Å². The number of hydrogen-bond donors (Lipinski definition) is 1. The van der Waals surface area contributed by atoms with Crippen LogP contribution in [0.4, 0.5) is 5.82 Å². The van der Waals surface area contributed by atoms with Crippen molar-refractivity contribution < 1.29 is 9.84 Å². The summed E-state index contributed by atoms with van der Waals surface area (Å²) in [6.07, 6.45) is 5.42. The van der Waals surface area contributed by atoms with Crippen LogP contribution in [0, 0.1) is 11.3 Å². The van der Waals surface area contributed by atoms with E-state index >= 15 is 0 Å². The van der Waals surface area contributed by atoms with Crippen LogP contribution < -0.4 is 9.64 Å². The molecule has 1 aliphatic heterocycles. The Kier molecular flexibility index (Phi) is 3.09. The molecule has 3 rings (SSSR count). The summed E-state index contributed by atoms with van der Waals surface area (Å²) >= 11 is 0. The molecule has 5 nitrogen and oxygen atoms in total. The van der Waals surface area contributed by atoms with Gasteiger partial charge in [0.25, 0.3) is 0 Å². The Balaban J connectivity index is 1.69. The molecule has 19 heavy (non-hydrogen) atoms. The van der Waals surface area contributed by atoms with Crippen LogP contribution in [0.1, 0.15) is 26.7 Å². The fourth-order valence-corrected chi connectivity index (χ4v) is 2.59. The second-order valence-corrected chi connectivity index (χ2v) is 6.18. The minimum Gasteiger partial charge on any atom is -0.476 e. The molecule has 2 heterocycles. The Hall–Kier alpha value is -1.36. The zero-order valence-electron chi connectivity index (χ0n) is 11.5.